The van der Waals surface area contributed by atoms with Crippen LogP contribution in [0, 0.1) is 0 Å². The van der Waals surface area contributed by atoms with Gasteiger partial charge in [-0.2, -0.15) is 5.10 Å². The average molecular weight is 141 g/mol. The highest BCUT2D eigenvalue weighted by atomic mass is 15.3. The number of amidine groups is 1. The highest BCUT2D eigenvalue weighted by Crippen LogP contribution is 1.80. The van der Waals surface area contributed by atoms with Crippen LogP contribution >= 0.6 is 0 Å². The number of hydrogen-bond acceptors (Lipinski definition) is 2. The first-order chi connectivity index (χ1) is 4.70. The van der Waals surface area contributed by atoms with Gasteiger partial charge in [-0.3, -0.25) is 10.4 Å². The third-order valence-electron chi connectivity index (χ3n) is 1.26. The molecule has 3 heteroatoms. The Morgan fingerprint density at radius 1 is 1.40 bits per heavy atom. The summed E-state index contributed by atoms with van der Waals surface area (Å²) in [5, 5.41) is 4.05. The fraction of sp³-hybridized carbons (Fsp3) is 0.714. The maximum Gasteiger partial charge on any atom is 0.113 e. The van der Waals surface area contributed by atoms with Crippen LogP contribution in [0.15, 0.2) is 10.1 Å². The molecule has 0 bridgehead atoms. The van der Waals surface area contributed by atoms with E-state index in [9.17, 15) is 0 Å². The second-order valence-electron chi connectivity index (χ2n) is 2.12. The van der Waals surface area contributed by atoms with Gasteiger partial charge < -0.3 is 0 Å². The third kappa shape index (κ3) is 4.06. The second-order valence-corrected chi connectivity index (χ2v) is 2.12. The topological polar surface area (TPSA) is 36.8 Å². The van der Waals surface area contributed by atoms with E-state index in [2.05, 4.69) is 22.4 Å². The van der Waals surface area contributed by atoms with Crippen LogP contribution in [0.1, 0.15) is 27.2 Å². The van der Waals surface area contributed by atoms with Gasteiger partial charge in [0, 0.05) is 12.8 Å². The Labute approximate surface area is 62.2 Å². The number of aliphatic imine (C=N–C) groups is 1. The Kier molecular flexibility index (Phi) is 4.54. The van der Waals surface area contributed by atoms with Crippen LogP contribution in [0.5, 0.6) is 0 Å². The molecule has 10 heavy (non-hydrogen) atoms. The van der Waals surface area contributed by atoms with Gasteiger partial charge in [0.05, 0.1) is 0 Å². The molecule has 0 amide bonds. The molecule has 0 atom stereocenters. The zero-order valence-corrected chi connectivity index (χ0v) is 7.10. The van der Waals surface area contributed by atoms with Crippen LogP contribution in [0.4, 0.5) is 0 Å². The molecule has 0 aliphatic heterocycles. The zero-order chi connectivity index (χ0) is 7.98. The van der Waals surface area contributed by atoms with Gasteiger partial charge in [0.25, 0.3) is 0 Å². The van der Waals surface area contributed by atoms with Crippen LogP contribution in [-0.4, -0.2) is 18.6 Å². The Bertz CT molecular complexity index is 147. The Morgan fingerprint density at radius 2 is 2.00 bits per heavy atom. The summed E-state index contributed by atoms with van der Waals surface area (Å²) in [5.41, 5.74) is 3.91. The molecular formula is C7H15N3. The van der Waals surface area contributed by atoms with Gasteiger partial charge in [-0.1, -0.05) is 6.92 Å². The summed E-state index contributed by atoms with van der Waals surface area (Å²) in [6.45, 7) is 5.93. The standard InChI is InChI=1S/C7H15N3/c1-5-6(2)9-10-7(3)8-4/h5H2,1-4H3,(H,8,10)/b9-6-. The molecule has 1 N–H and O–H groups in total. The first-order valence-corrected chi connectivity index (χ1v) is 3.43. The smallest absolute Gasteiger partial charge is 0.113 e. The fourth-order valence-corrected chi connectivity index (χ4v) is 0.305. The monoisotopic (exact) mass is 141 g/mol. The molecule has 0 heterocycles. The van der Waals surface area contributed by atoms with Crippen molar-refractivity contribution in [1.29, 1.82) is 0 Å². The van der Waals surface area contributed by atoms with E-state index in [-0.39, 0.29) is 0 Å². The van der Waals surface area contributed by atoms with Gasteiger partial charge in [-0.25, -0.2) is 0 Å². The summed E-state index contributed by atoms with van der Waals surface area (Å²) >= 11 is 0. The van der Waals surface area contributed by atoms with Crippen molar-refractivity contribution >= 4 is 11.5 Å². The summed E-state index contributed by atoms with van der Waals surface area (Å²) in [4.78, 5) is 3.89. The quantitative estimate of drug-likeness (QED) is 0.352. The van der Waals surface area contributed by atoms with Crippen LogP contribution in [-0.2, 0) is 0 Å². The fourth-order valence-electron chi connectivity index (χ4n) is 0.305. The summed E-state index contributed by atoms with van der Waals surface area (Å²) in [6, 6.07) is 0. The SMILES string of the molecule is CC/C(C)=N\NC(C)=NC. The van der Waals surface area contributed by atoms with Crippen LogP contribution in [0.3, 0.4) is 0 Å². The van der Waals surface area contributed by atoms with Gasteiger partial charge in [0.1, 0.15) is 5.84 Å². The lowest BCUT2D eigenvalue weighted by atomic mass is 10.3. The van der Waals surface area contributed by atoms with Crippen molar-refractivity contribution in [2.45, 2.75) is 27.2 Å². The Morgan fingerprint density at radius 3 is 2.40 bits per heavy atom. The van der Waals surface area contributed by atoms with E-state index >= 15 is 0 Å². The van der Waals surface area contributed by atoms with E-state index in [1.807, 2.05) is 13.8 Å². The normalized spacial score (nSPS) is 13.6. The Hall–Kier alpha value is -0.860. The summed E-state index contributed by atoms with van der Waals surface area (Å²) in [5.74, 6) is 0.841. The van der Waals surface area contributed by atoms with Crippen molar-refractivity contribution in [2.75, 3.05) is 7.05 Å². The van der Waals surface area contributed by atoms with Crippen molar-refractivity contribution in [3.63, 3.8) is 0 Å². The summed E-state index contributed by atoms with van der Waals surface area (Å²) < 4.78 is 0. The lowest BCUT2D eigenvalue weighted by Crippen LogP contribution is -2.14. The molecule has 0 unspecified atom stereocenters. The van der Waals surface area contributed by atoms with Gasteiger partial charge >= 0.3 is 0 Å². The molecule has 3 nitrogen and oxygen atoms in total. The van der Waals surface area contributed by atoms with Crippen LogP contribution in [0.25, 0.3) is 0 Å². The van der Waals surface area contributed by atoms with E-state index in [4.69, 9.17) is 0 Å². The summed E-state index contributed by atoms with van der Waals surface area (Å²) in [7, 11) is 1.74. The van der Waals surface area contributed by atoms with Gasteiger partial charge in [0.15, 0.2) is 0 Å². The van der Waals surface area contributed by atoms with E-state index in [0.29, 0.717) is 0 Å². The highest BCUT2D eigenvalue weighted by Gasteiger charge is 1.85. The van der Waals surface area contributed by atoms with Crippen molar-refractivity contribution in [1.82, 2.24) is 5.43 Å². The van der Waals surface area contributed by atoms with E-state index in [1.54, 1.807) is 7.05 Å². The van der Waals surface area contributed by atoms with Gasteiger partial charge in [0.2, 0.25) is 0 Å². The zero-order valence-electron chi connectivity index (χ0n) is 7.10. The summed E-state index contributed by atoms with van der Waals surface area (Å²) in [6.07, 6.45) is 0.976. The highest BCUT2D eigenvalue weighted by molar-refractivity contribution is 5.85. The number of rotatable bonds is 2. The first kappa shape index (κ1) is 9.14. The molecule has 58 valence electrons. The molecule has 0 aliphatic carbocycles. The molecule has 0 aromatic carbocycles. The maximum absolute atomic E-state index is 4.05. The lowest BCUT2D eigenvalue weighted by Gasteiger charge is -1.98. The number of nitrogens with zero attached hydrogens (tertiary/aromatic N) is 2. The largest absolute Gasteiger partial charge is 0.275 e. The molecule has 0 radical (unpaired) electrons. The second kappa shape index (κ2) is 4.97. The minimum atomic E-state index is 0.841. The molecule has 0 saturated carbocycles. The predicted molar refractivity (Wildman–Crippen MR) is 45.6 cm³/mol. The average Bonchev–Trinajstić information content (AvgIpc) is 1.99. The minimum absolute atomic E-state index is 0.841. The number of nitrogens with one attached hydrogen (secondary N) is 1. The molecule has 0 aromatic rings. The third-order valence-corrected chi connectivity index (χ3v) is 1.26. The molecule has 0 aromatic heterocycles. The van der Waals surface area contributed by atoms with Crippen molar-refractivity contribution in [2.24, 2.45) is 10.1 Å². The maximum atomic E-state index is 4.05. The van der Waals surface area contributed by atoms with Crippen LogP contribution in [0.2, 0.25) is 0 Å². The lowest BCUT2D eigenvalue weighted by molar-refractivity contribution is 0.989. The van der Waals surface area contributed by atoms with Crippen molar-refractivity contribution < 1.29 is 0 Å². The molecule has 0 saturated heterocycles. The molecule has 0 rings (SSSR count). The van der Waals surface area contributed by atoms with Gasteiger partial charge in [-0.15, -0.1) is 0 Å². The van der Waals surface area contributed by atoms with Crippen molar-refractivity contribution in [3.05, 3.63) is 0 Å². The molecular weight excluding hydrogens is 126 g/mol. The molecule has 0 spiro atoms. The number of hydrazone groups is 1. The van der Waals surface area contributed by atoms with E-state index in [0.717, 1.165) is 18.0 Å². The van der Waals surface area contributed by atoms with E-state index in [1.165, 1.54) is 0 Å². The molecule has 0 aliphatic rings. The Balaban J connectivity index is 3.72. The van der Waals surface area contributed by atoms with Crippen molar-refractivity contribution in [3.8, 4) is 0 Å². The van der Waals surface area contributed by atoms with E-state index < -0.39 is 0 Å². The number of hydrogen-bond donors (Lipinski definition) is 1. The van der Waals surface area contributed by atoms with Gasteiger partial charge in [-0.05, 0) is 20.3 Å². The van der Waals surface area contributed by atoms with Crippen LogP contribution < -0.4 is 5.43 Å². The minimum Gasteiger partial charge on any atom is -0.275 e. The first-order valence-electron chi connectivity index (χ1n) is 3.43. The predicted octanol–water partition coefficient (Wildman–Crippen LogP) is 1.41. The molecule has 0 fully saturated rings.